The van der Waals surface area contributed by atoms with Gasteiger partial charge in [-0.15, -0.1) is 0 Å². The summed E-state index contributed by atoms with van der Waals surface area (Å²) in [6.45, 7) is -0.267. The molecule has 2 aromatic rings. The maximum Gasteiger partial charge on any atom is 0.263 e. The number of nitrogens with one attached hydrogen (secondary N) is 1. The van der Waals surface area contributed by atoms with Crippen molar-refractivity contribution in [3.8, 4) is 5.75 Å². The molecule has 0 aliphatic heterocycles. The molecule has 1 aliphatic carbocycles. The van der Waals surface area contributed by atoms with E-state index >= 15 is 0 Å². The van der Waals surface area contributed by atoms with E-state index in [0.717, 1.165) is 12.8 Å². The van der Waals surface area contributed by atoms with Crippen LogP contribution in [-0.2, 0) is 4.79 Å². The third kappa shape index (κ3) is 4.11. The molecule has 2 amide bonds. The Morgan fingerprint density at radius 1 is 1.32 bits per heavy atom. The van der Waals surface area contributed by atoms with Crippen molar-refractivity contribution >= 4 is 29.2 Å². The van der Waals surface area contributed by atoms with Crippen LogP contribution in [0.15, 0.2) is 30.5 Å². The quantitative estimate of drug-likeness (QED) is 0.825. The van der Waals surface area contributed by atoms with Crippen LogP contribution in [0.4, 0.5) is 5.82 Å². The van der Waals surface area contributed by atoms with Gasteiger partial charge < -0.3 is 15.8 Å². The van der Waals surface area contributed by atoms with Crippen LogP contribution in [0.2, 0.25) is 5.02 Å². The van der Waals surface area contributed by atoms with E-state index in [-0.39, 0.29) is 23.8 Å². The average molecular weight is 363 g/mol. The van der Waals surface area contributed by atoms with Gasteiger partial charge in [0.2, 0.25) is 0 Å². The zero-order valence-corrected chi connectivity index (χ0v) is 14.3. The first kappa shape index (κ1) is 17.3. The minimum absolute atomic E-state index is 0.174. The Labute approximate surface area is 150 Å². The molecule has 3 rings (SSSR count). The number of hydrogen-bond acceptors (Lipinski definition) is 4. The fraction of sp³-hybridized carbons (Fsp3) is 0.353. The number of halogens is 1. The Kier molecular flexibility index (Phi) is 5.23. The first-order valence-corrected chi connectivity index (χ1v) is 8.48. The first-order valence-electron chi connectivity index (χ1n) is 8.10. The fourth-order valence-electron chi connectivity index (χ4n) is 2.99. The summed E-state index contributed by atoms with van der Waals surface area (Å²) in [6, 6.07) is 6.53. The molecular weight excluding hydrogens is 344 g/mol. The van der Waals surface area contributed by atoms with Crippen molar-refractivity contribution in [1.29, 1.82) is 0 Å². The Bertz CT molecular complexity index is 784. The second kappa shape index (κ2) is 7.57. The molecule has 1 fully saturated rings. The van der Waals surface area contributed by atoms with Crippen molar-refractivity contribution < 1.29 is 14.3 Å². The molecule has 3 N–H and O–H groups in total. The summed E-state index contributed by atoms with van der Waals surface area (Å²) in [5.74, 6) is -0.178. The number of ether oxygens (including phenoxy) is 1. The molecular formula is C17H19ClN4O3. The zero-order chi connectivity index (χ0) is 17.8. The molecule has 0 bridgehead atoms. The van der Waals surface area contributed by atoms with Crippen molar-refractivity contribution in [2.24, 2.45) is 5.73 Å². The third-order valence-corrected chi connectivity index (χ3v) is 4.41. The highest BCUT2D eigenvalue weighted by atomic mass is 35.5. The Hall–Kier alpha value is -2.54. The zero-order valence-electron chi connectivity index (χ0n) is 13.6. The standard InChI is InChI=1S/C17H19ClN4O3/c18-11-5-6-13(17(19)24)14(9-11)25-10-16(23)21-15-7-8-20-22(15)12-3-1-2-4-12/h5-9,12H,1-4,10H2,(H2,19,24)(H,21,23). The van der Waals surface area contributed by atoms with Crippen molar-refractivity contribution in [1.82, 2.24) is 9.78 Å². The van der Waals surface area contributed by atoms with Crippen LogP contribution in [0.25, 0.3) is 0 Å². The van der Waals surface area contributed by atoms with Gasteiger partial charge in [0.25, 0.3) is 11.8 Å². The number of carbonyl (C=O) groups is 2. The highest BCUT2D eigenvalue weighted by Crippen LogP contribution is 2.31. The number of rotatable bonds is 6. The predicted molar refractivity (Wildman–Crippen MR) is 93.8 cm³/mol. The smallest absolute Gasteiger partial charge is 0.263 e. The number of benzene rings is 1. The van der Waals surface area contributed by atoms with Gasteiger partial charge in [-0.3, -0.25) is 9.59 Å². The fourth-order valence-corrected chi connectivity index (χ4v) is 3.16. The van der Waals surface area contributed by atoms with Crippen LogP contribution < -0.4 is 15.8 Å². The molecule has 1 heterocycles. The predicted octanol–water partition coefficient (Wildman–Crippen LogP) is 2.77. The van der Waals surface area contributed by atoms with Crippen LogP contribution in [-0.4, -0.2) is 28.2 Å². The van der Waals surface area contributed by atoms with Gasteiger partial charge >= 0.3 is 0 Å². The SMILES string of the molecule is NC(=O)c1ccc(Cl)cc1OCC(=O)Nc1ccnn1C1CCCC1. The summed E-state index contributed by atoms with van der Waals surface area (Å²) in [5.41, 5.74) is 5.47. The Morgan fingerprint density at radius 3 is 2.80 bits per heavy atom. The number of primary amides is 1. The maximum atomic E-state index is 12.2. The lowest BCUT2D eigenvalue weighted by Crippen LogP contribution is -2.24. The lowest BCUT2D eigenvalue weighted by atomic mass is 10.2. The molecule has 25 heavy (non-hydrogen) atoms. The minimum Gasteiger partial charge on any atom is -0.483 e. The van der Waals surface area contributed by atoms with Crippen LogP contribution in [0.1, 0.15) is 42.1 Å². The maximum absolute atomic E-state index is 12.2. The molecule has 0 spiro atoms. The lowest BCUT2D eigenvalue weighted by molar-refractivity contribution is -0.118. The highest BCUT2D eigenvalue weighted by Gasteiger charge is 2.20. The molecule has 0 atom stereocenters. The normalized spacial score (nSPS) is 14.4. The van der Waals surface area contributed by atoms with Crippen LogP contribution in [0, 0.1) is 0 Å². The topological polar surface area (TPSA) is 99.2 Å². The molecule has 132 valence electrons. The second-order valence-electron chi connectivity index (χ2n) is 5.94. The van der Waals surface area contributed by atoms with Gasteiger partial charge in [0.05, 0.1) is 17.8 Å². The second-order valence-corrected chi connectivity index (χ2v) is 6.38. The van der Waals surface area contributed by atoms with E-state index < -0.39 is 5.91 Å². The average Bonchev–Trinajstić information content (AvgIpc) is 3.23. The molecule has 0 radical (unpaired) electrons. The van der Waals surface area contributed by atoms with Crippen molar-refractivity contribution in [3.05, 3.63) is 41.0 Å². The Morgan fingerprint density at radius 2 is 2.08 bits per heavy atom. The van der Waals surface area contributed by atoms with Gasteiger partial charge in [0.1, 0.15) is 11.6 Å². The van der Waals surface area contributed by atoms with E-state index in [2.05, 4.69) is 10.4 Å². The Balaban J connectivity index is 1.64. The van der Waals surface area contributed by atoms with Crippen LogP contribution in [0.3, 0.4) is 0 Å². The number of carbonyl (C=O) groups excluding carboxylic acids is 2. The number of nitrogens with two attached hydrogens (primary N) is 1. The van der Waals surface area contributed by atoms with Gasteiger partial charge in [-0.05, 0) is 31.0 Å². The molecule has 1 saturated carbocycles. The monoisotopic (exact) mass is 362 g/mol. The van der Waals surface area contributed by atoms with Gasteiger partial charge in [-0.2, -0.15) is 5.10 Å². The van der Waals surface area contributed by atoms with E-state index in [9.17, 15) is 9.59 Å². The number of aromatic nitrogens is 2. The van der Waals surface area contributed by atoms with E-state index in [1.807, 2.05) is 4.68 Å². The van der Waals surface area contributed by atoms with E-state index in [1.165, 1.54) is 31.0 Å². The van der Waals surface area contributed by atoms with E-state index in [4.69, 9.17) is 22.1 Å². The number of hydrogen-bond donors (Lipinski definition) is 2. The van der Waals surface area contributed by atoms with Gasteiger partial charge in [0, 0.05) is 11.1 Å². The number of amides is 2. The van der Waals surface area contributed by atoms with Crippen LogP contribution >= 0.6 is 11.6 Å². The summed E-state index contributed by atoms with van der Waals surface area (Å²) < 4.78 is 7.27. The van der Waals surface area contributed by atoms with Crippen LogP contribution in [0.5, 0.6) is 5.75 Å². The van der Waals surface area contributed by atoms with Crippen molar-refractivity contribution in [2.45, 2.75) is 31.7 Å². The van der Waals surface area contributed by atoms with Gasteiger partial charge in [-0.25, -0.2) is 4.68 Å². The molecule has 0 saturated heterocycles. The summed E-state index contributed by atoms with van der Waals surface area (Å²) in [7, 11) is 0. The van der Waals surface area contributed by atoms with Gasteiger partial charge in [0.15, 0.2) is 6.61 Å². The molecule has 1 aromatic carbocycles. The molecule has 8 heteroatoms. The molecule has 1 aliphatic rings. The summed E-state index contributed by atoms with van der Waals surface area (Å²) in [6.07, 6.45) is 6.13. The summed E-state index contributed by atoms with van der Waals surface area (Å²) in [4.78, 5) is 23.6. The first-order chi connectivity index (χ1) is 12.0. The number of nitrogens with zero attached hydrogens (tertiary/aromatic N) is 2. The number of anilines is 1. The highest BCUT2D eigenvalue weighted by molar-refractivity contribution is 6.30. The lowest BCUT2D eigenvalue weighted by Gasteiger charge is -2.15. The van der Waals surface area contributed by atoms with Crippen molar-refractivity contribution in [2.75, 3.05) is 11.9 Å². The summed E-state index contributed by atoms with van der Waals surface area (Å²) in [5, 5.41) is 7.48. The van der Waals surface area contributed by atoms with Gasteiger partial charge in [-0.1, -0.05) is 24.4 Å². The summed E-state index contributed by atoms with van der Waals surface area (Å²) >= 11 is 5.90. The van der Waals surface area contributed by atoms with Crippen molar-refractivity contribution in [3.63, 3.8) is 0 Å². The van der Waals surface area contributed by atoms with E-state index in [1.54, 1.807) is 12.3 Å². The molecule has 1 aromatic heterocycles. The largest absolute Gasteiger partial charge is 0.483 e. The minimum atomic E-state index is -0.647. The molecule has 0 unspecified atom stereocenters. The molecule has 7 nitrogen and oxygen atoms in total. The van der Waals surface area contributed by atoms with E-state index in [0.29, 0.717) is 16.9 Å². The third-order valence-electron chi connectivity index (χ3n) is 4.18.